The van der Waals surface area contributed by atoms with Crippen molar-refractivity contribution in [2.75, 3.05) is 38.3 Å². The summed E-state index contributed by atoms with van der Waals surface area (Å²) in [5.74, 6) is -2.31. The van der Waals surface area contributed by atoms with E-state index in [1.54, 1.807) is 11.8 Å². The molecule has 2 aromatic rings. The molecule has 3 rings (SSSR count). The van der Waals surface area contributed by atoms with Crippen LogP contribution in [0.5, 0.6) is 0 Å². The Balaban J connectivity index is 2.11. The molecule has 3 N–H and O–H groups in total. The lowest BCUT2D eigenvalue weighted by atomic mass is 10.1. The molecule has 12 heteroatoms. The predicted molar refractivity (Wildman–Crippen MR) is 125 cm³/mol. The van der Waals surface area contributed by atoms with Crippen molar-refractivity contribution in [3.63, 3.8) is 0 Å². The minimum absolute atomic E-state index is 0.108. The fourth-order valence-electron chi connectivity index (χ4n) is 3.59. The van der Waals surface area contributed by atoms with Crippen LogP contribution in [-0.4, -0.2) is 60.8 Å². The van der Waals surface area contributed by atoms with Gasteiger partial charge in [0.2, 0.25) is 5.43 Å². The third kappa shape index (κ3) is 5.05. The molecule has 1 unspecified atom stereocenters. The van der Waals surface area contributed by atoms with Gasteiger partial charge < -0.3 is 30.3 Å². The number of nitrogens with two attached hydrogens (primary N) is 1. The Morgan fingerprint density at radius 3 is 2.74 bits per heavy atom. The van der Waals surface area contributed by atoms with Gasteiger partial charge in [0.15, 0.2) is 0 Å². The Hall–Kier alpha value is -3.83. The van der Waals surface area contributed by atoms with Crippen LogP contribution >= 0.6 is 0 Å². The Labute approximate surface area is 195 Å². The number of aromatic nitrogens is 1. The number of amidine groups is 1. The number of carbonyl (C=O) groups is 1. The Kier molecular flexibility index (Phi) is 7.59. The average Bonchev–Trinajstić information content (AvgIpc) is 3.20. The van der Waals surface area contributed by atoms with Gasteiger partial charge >= 0.3 is 5.97 Å². The fourth-order valence-corrected chi connectivity index (χ4v) is 3.59. The van der Waals surface area contributed by atoms with Crippen LogP contribution in [0.1, 0.15) is 31.1 Å². The molecule has 0 radical (unpaired) electrons. The number of hydrogen-bond acceptors (Lipinski definition) is 8. The van der Waals surface area contributed by atoms with E-state index in [0.29, 0.717) is 12.3 Å². The van der Waals surface area contributed by atoms with E-state index in [0.717, 1.165) is 12.3 Å². The maximum absolute atomic E-state index is 15.2. The van der Waals surface area contributed by atoms with Crippen molar-refractivity contribution in [2.45, 2.75) is 20.8 Å². The molecular formula is C22H28FN5O6. The lowest BCUT2D eigenvalue weighted by Gasteiger charge is -2.21. The summed E-state index contributed by atoms with van der Waals surface area (Å²) in [5.41, 5.74) is 5.66. The number of aromatic carboxylic acids is 1. The highest BCUT2D eigenvalue weighted by atomic mass is 19.1. The van der Waals surface area contributed by atoms with Crippen molar-refractivity contribution in [2.24, 2.45) is 27.9 Å². The van der Waals surface area contributed by atoms with Crippen LogP contribution in [-0.2, 0) is 9.68 Å². The SMILES string of the molecule is CCO/N=C(/N)C1CN(c2cc3c(cc2F)c(=O)c(C(=O)O)cn3OCC(C)C)C/C1=N\OC. The summed E-state index contributed by atoms with van der Waals surface area (Å²) in [6, 6.07) is 2.47. The van der Waals surface area contributed by atoms with Crippen LogP contribution in [0.4, 0.5) is 10.1 Å². The summed E-state index contributed by atoms with van der Waals surface area (Å²) in [7, 11) is 1.39. The van der Waals surface area contributed by atoms with Crippen LogP contribution in [0.25, 0.3) is 10.9 Å². The van der Waals surface area contributed by atoms with Gasteiger partial charge in [0.05, 0.1) is 41.0 Å². The number of pyridine rings is 1. The van der Waals surface area contributed by atoms with Crippen LogP contribution in [0.2, 0.25) is 0 Å². The second kappa shape index (κ2) is 10.4. The van der Waals surface area contributed by atoms with Crippen molar-refractivity contribution in [1.29, 1.82) is 0 Å². The largest absolute Gasteiger partial charge is 0.477 e. The first-order valence-corrected chi connectivity index (χ1v) is 10.7. The number of carboxylic acids is 1. The van der Waals surface area contributed by atoms with E-state index < -0.39 is 28.7 Å². The van der Waals surface area contributed by atoms with Gasteiger partial charge in [-0.1, -0.05) is 24.2 Å². The van der Waals surface area contributed by atoms with Gasteiger partial charge in [0, 0.05) is 6.54 Å². The number of hydrogen-bond donors (Lipinski definition) is 2. The molecular weight excluding hydrogens is 449 g/mol. The molecule has 11 nitrogen and oxygen atoms in total. The van der Waals surface area contributed by atoms with Crippen molar-refractivity contribution in [1.82, 2.24) is 4.73 Å². The molecule has 0 saturated carbocycles. The average molecular weight is 477 g/mol. The molecule has 0 spiro atoms. The molecule has 1 aliphatic heterocycles. The minimum Gasteiger partial charge on any atom is -0.477 e. The molecule has 0 aliphatic carbocycles. The molecule has 0 bridgehead atoms. The van der Waals surface area contributed by atoms with Crippen LogP contribution in [0, 0.1) is 17.7 Å². The summed E-state index contributed by atoms with van der Waals surface area (Å²) in [6.07, 6.45) is 1.11. The molecule has 34 heavy (non-hydrogen) atoms. The van der Waals surface area contributed by atoms with Crippen molar-refractivity contribution >= 4 is 34.1 Å². The summed E-state index contributed by atoms with van der Waals surface area (Å²) in [4.78, 5) is 41.6. The molecule has 1 aliphatic rings. The Morgan fingerprint density at radius 1 is 1.38 bits per heavy atom. The minimum atomic E-state index is -1.43. The van der Waals surface area contributed by atoms with Crippen LogP contribution in [0.15, 0.2) is 33.4 Å². The second-order valence-electron chi connectivity index (χ2n) is 8.15. The van der Waals surface area contributed by atoms with Gasteiger partial charge in [-0.3, -0.25) is 4.79 Å². The number of fused-ring (bicyclic) bond motifs is 1. The molecule has 0 amide bonds. The van der Waals surface area contributed by atoms with E-state index in [-0.39, 0.29) is 48.0 Å². The zero-order valence-electron chi connectivity index (χ0n) is 19.4. The summed E-state index contributed by atoms with van der Waals surface area (Å²) in [5, 5.41) is 17.2. The molecule has 2 heterocycles. The monoisotopic (exact) mass is 477 g/mol. The normalized spacial score (nSPS) is 17.6. The number of rotatable bonds is 9. The smallest absolute Gasteiger partial charge is 0.341 e. The summed E-state index contributed by atoms with van der Waals surface area (Å²) in [6.45, 7) is 6.62. The Morgan fingerprint density at radius 2 is 2.12 bits per heavy atom. The van der Waals surface area contributed by atoms with E-state index in [4.69, 9.17) is 20.2 Å². The highest BCUT2D eigenvalue weighted by Crippen LogP contribution is 2.29. The standard InChI is InChI=1S/C22H28FN5O6/c1-5-33-26-21(24)14-8-27(10-17(14)25-32-4)19-7-18-13(6-16(19)23)20(29)15(22(30)31)9-28(18)34-11-12(2)3/h6-7,9,12,14H,5,8,10-11H2,1-4H3,(H2,24,26)(H,30,31)/b25-17+. The maximum Gasteiger partial charge on any atom is 0.341 e. The second-order valence-corrected chi connectivity index (χ2v) is 8.15. The van der Waals surface area contributed by atoms with Crippen molar-refractivity contribution < 1.29 is 28.8 Å². The van der Waals surface area contributed by atoms with Crippen LogP contribution < -0.4 is 20.9 Å². The van der Waals surface area contributed by atoms with E-state index in [1.807, 2.05) is 13.8 Å². The highest BCUT2D eigenvalue weighted by Gasteiger charge is 2.35. The number of halogens is 1. The van der Waals surface area contributed by atoms with Crippen molar-refractivity contribution in [3.8, 4) is 0 Å². The third-order valence-corrected chi connectivity index (χ3v) is 5.18. The fraction of sp³-hybridized carbons (Fsp3) is 0.455. The Bertz CT molecular complexity index is 1190. The van der Waals surface area contributed by atoms with Gasteiger partial charge in [-0.05, 0) is 25.0 Å². The van der Waals surface area contributed by atoms with E-state index in [1.165, 1.54) is 17.9 Å². The third-order valence-electron chi connectivity index (χ3n) is 5.18. The van der Waals surface area contributed by atoms with Gasteiger partial charge in [0.1, 0.15) is 37.5 Å². The summed E-state index contributed by atoms with van der Waals surface area (Å²) < 4.78 is 16.4. The lowest BCUT2D eigenvalue weighted by molar-refractivity contribution is 0.0681. The number of benzene rings is 1. The molecule has 1 atom stereocenters. The molecule has 1 aromatic heterocycles. The van der Waals surface area contributed by atoms with E-state index in [2.05, 4.69) is 10.3 Å². The maximum atomic E-state index is 15.2. The van der Waals surface area contributed by atoms with Crippen LogP contribution in [0.3, 0.4) is 0 Å². The van der Waals surface area contributed by atoms with E-state index >= 15 is 4.39 Å². The zero-order valence-corrected chi connectivity index (χ0v) is 19.4. The predicted octanol–water partition coefficient (Wildman–Crippen LogP) is 1.67. The van der Waals surface area contributed by atoms with Crippen molar-refractivity contribution in [3.05, 3.63) is 39.9 Å². The quantitative estimate of drug-likeness (QED) is 0.316. The first kappa shape index (κ1) is 24.8. The molecule has 1 fully saturated rings. The van der Waals surface area contributed by atoms with E-state index in [9.17, 15) is 14.7 Å². The highest BCUT2D eigenvalue weighted by molar-refractivity contribution is 6.10. The first-order valence-electron chi connectivity index (χ1n) is 10.7. The van der Waals surface area contributed by atoms with Gasteiger partial charge in [-0.15, -0.1) is 0 Å². The first-order chi connectivity index (χ1) is 16.2. The summed E-state index contributed by atoms with van der Waals surface area (Å²) >= 11 is 0. The number of carboxylic acid groups (broad SMARTS) is 1. The number of nitrogens with zero attached hydrogens (tertiary/aromatic N) is 4. The zero-order chi connectivity index (χ0) is 25.0. The molecule has 184 valence electrons. The van der Waals surface area contributed by atoms with Gasteiger partial charge in [0.25, 0.3) is 0 Å². The molecule has 1 aromatic carbocycles. The van der Waals surface area contributed by atoms with Gasteiger partial charge in [-0.2, -0.15) is 4.73 Å². The number of anilines is 1. The topological polar surface area (TPSA) is 141 Å². The molecule has 1 saturated heterocycles. The lowest BCUT2D eigenvalue weighted by Crippen LogP contribution is -2.31. The van der Waals surface area contributed by atoms with Gasteiger partial charge in [-0.25, -0.2) is 9.18 Å². The number of oxime groups is 2.